The predicted octanol–water partition coefficient (Wildman–Crippen LogP) is 2.77. The Morgan fingerprint density at radius 1 is 1.27 bits per heavy atom. The molecule has 0 aliphatic carbocycles. The van der Waals surface area contributed by atoms with E-state index in [1.807, 2.05) is 11.5 Å². The van der Waals surface area contributed by atoms with Crippen molar-refractivity contribution in [1.82, 2.24) is 4.57 Å². The van der Waals surface area contributed by atoms with E-state index in [1.165, 1.54) is 12.1 Å². The molecule has 1 heterocycles. The van der Waals surface area contributed by atoms with Gasteiger partial charge in [0, 0.05) is 17.9 Å². The minimum Gasteiger partial charge on any atom is -0.478 e. The van der Waals surface area contributed by atoms with Crippen molar-refractivity contribution in [1.29, 1.82) is 0 Å². The Hall–Kier alpha value is -2.14. The molecule has 0 radical (unpaired) electrons. The summed E-state index contributed by atoms with van der Waals surface area (Å²) in [6.07, 6.45) is 2.30. The number of aromatic nitrogens is 1. The smallest absolute Gasteiger partial charge is 0.337 e. The van der Waals surface area contributed by atoms with Crippen molar-refractivity contribution < 1.29 is 14.3 Å². The van der Waals surface area contributed by atoms with E-state index in [1.54, 1.807) is 18.2 Å². The number of rotatable bonds is 7. The van der Waals surface area contributed by atoms with Crippen LogP contribution in [0.1, 0.15) is 33.7 Å². The summed E-state index contributed by atoms with van der Waals surface area (Å²) in [4.78, 5) is 11.3. The number of nitrogens with zero attached hydrogens (tertiary/aromatic N) is 1. The van der Waals surface area contributed by atoms with Gasteiger partial charge in [0.2, 0.25) is 0 Å². The molecule has 0 amide bonds. The summed E-state index contributed by atoms with van der Waals surface area (Å²) in [5.74, 6) is -1.16. The van der Waals surface area contributed by atoms with E-state index < -0.39 is 5.97 Å². The standard InChI is InChI=1S/C17H21FN2O2/c1-12-16(17(21)22)11-15(3-2-9-19)20(12)10-8-13-4-6-14(18)7-5-13/h4-7,11H,2-3,8-10,19H2,1H3,(H,21,22). The van der Waals surface area contributed by atoms with E-state index in [0.717, 1.165) is 36.2 Å². The molecule has 2 rings (SSSR count). The second-order valence-electron chi connectivity index (χ2n) is 5.36. The summed E-state index contributed by atoms with van der Waals surface area (Å²) in [6.45, 7) is 3.06. The molecular weight excluding hydrogens is 283 g/mol. The molecule has 22 heavy (non-hydrogen) atoms. The number of carbonyl (C=O) groups is 1. The summed E-state index contributed by atoms with van der Waals surface area (Å²) in [5, 5.41) is 9.26. The number of carboxylic acid groups (broad SMARTS) is 1. The molecule has 3 N–H and O–H groups in total. The van der Waals surface area contributed by atoms with E-state index in [0.29, 0.717) is 18.7 Å². The number of aromatic carboxylic acids is 1. The summed E-state index contributed by atoms with van der Waals surface area (Å²) in [5.41, 5.74) is 8.65. The van der Waals surface area contributed by atoms with Crippen molar-refractivity contribution in [2.24, 2.45) is 5.73 Å². The molecule has 1 aromatic heterocycles. The fourth-order valence-corrected chi connectivity index (χ4v) is 2.62. The number of benzene rings is 1. The third kappa shape index (κ3) is 3.74. The minimum absolute atomic E-state index is 0.252. The van der Waals surface area contributed by atoms with Crippen molar-refractivity contribution in [2.45, 2.75) is 32.7 Å². The van der Waals surface area contributed by atoms with Gasteiger partial charge in [-0.1, -0.05) is 12.1 Å². The van der Waals surface area contributed by atoms with Crippen LogP contribution in [0.2, 0.25) is 0 Å². The van der Waals surface area contributed by atoms with Crippen LogP contribution in [0.4, 0.5) is 4.39 Å². The van der Waals surface area contributed by atoms with E-state index in [4.69, 9.17) is 5.73 Å². The molecule has 2 aromatic rings. The van der Waals surface area contributed by atoms with Gasteiger partial charge >= 0.3 is 5.97 Å². The van der Waals surface area contributed by atoms with Gasteiger partial charge in [-0.25, -0.2) is 9.18 Å². The molecule has 0 atom stereocenters. The highest BCUT2D eigenvalue weighted by Gasteiger charge is 2.16. The van der Waals surface area contributed by atoms with Gasteiger partial charge in [0.05, 0.1) is 5.56 Å². The zero-order chi connectivity index (χ0) is 16.1. The Morgan fingerprint density at radius 3 is 2.55 bits per heavy atom. The highest BCUT2D eigenvalue weighted by Crippen LogP contribution is 2.18. The van der Waals surface area contributed by atoms with Gasteiger partial charge in [0.25, 0.3) is 0 Å². The fraction of sp³-hybridized carbons (Fsp3) is 0.353. The number of aryl methyl sites for hydroxylation is 2. The van der Waals surface area contributed by atoms with Crippen molar-refractivity contribution in [3.8, 4) is 0 Å². The molecule has 0 saturated heterocycles. The lowest BCUT2D eigenvalue weighted by atomic mass is 10.1. The Morgan fingerprint density at radius 2 is 1.95 bits per heavy atom. The van der Waals surface area contributed by atoms with E-state index >= 15 is 0 Å². The second kappa shape index (κ2) is 7.22. The maximum absolute atomic E-state index is 12.9. The highest BCUT2D eigenvalue weighted by atomic mass is 19.1. The van der Waals surface area contributed by atoms with Crippen LogP contribution < -0.4 is 5.73 Å². The molecule has 0 aliphatic heterocycles. The zero-order valence-corrected chi connectivity index (χ0v) is 12.7. The third-order valence-corrected chi connectivity index (χ3v) is 3.86. The maximum atomic E-state index is 12.9. The van der Waals surface area contributed by atoms with Crippen LogP contribution in [0.15, 0.2) is 30.3 Å². The van der Waals surface area contributed by atoms with Gasteiger partial charge < -0.3 is 15.4 Å². The molecule has 1 aromatic carbocycles. The molecule has 0 aliphatic rings. The molecular formula is C17H21FN2O2. The largest absolute Gasteiger partial charge is 0.478 e. The molecule has 4 nitrogen and oxygen atoms in total. The Kier molecular flexibility index (Phi) is 5.33. The minimum atomic E-state index is -0.910. The first-order valence-corrected chi connectivity index (χ1v) is 7.39. The topological polar surface area (TPSA) is 68.2 Å². The molecule has 0 spiro atoms. The first-order valence-electron chi connectivity index (χ1n) is 7.39. The lowest BCUT2D eigenvalue weighted by Gasteiger charge is -2.12. The number of halogens is 1. The quantitative estimate of drug-likeness (QED) is 0.826. The van der Waals surface area contributed by atoms with Gasteiger partial charge in [-0.05, 0) is 56.5 Å². The molecule has 118 valence electrons. The first-order chi connectivity index (χ1) is 10.5. The van der Waals surface area contributed by atoms with Crippen LogP contribution in [0.25, 0.3) is 0 Å². The molecule has 0 saturated carbocycles. The first kappa shape index (κ1) is 16.2. The summed E-state index contributed by atoms with van der Waals surface area (Å²) < 4.78 is 15.0. The van der Waals surface area contributed by atoms with E-state index in [9.17, 15) is 14.3 Å². The summed E-state index contributed by atoms with van der Waals surface area (Å²) in [6, 6.07) is 8.13. The number of nitrogens with two attached hydrogens (primary N) is 1. The lowest BCUT2D eigenvalue weighted by molar-refractivity contribution is 0.0696. The third-order valence-electron chi connectivity index (χ3n) is 3.86. The van der Waals surface area contributed by atoms with Crippen molar-refractivity contribution >= 4 is 5.97 Å². The van der Waals surface area contributed by atoms with E-state index in [2.05, 4.69) is 0 Å². The Bertz CT molecular complexity index is 647. The number of hydrogen-bond acceptors (Lipinski definition) is 2. The van der Waals surface area contributed by atoms with Gasteiger partial charge in [-0.3, -0.25) is 0 Å². The summed E-state index contributed by atoms with van der Waals surface area (Å²) in [7, 11) is 0. The Balaban J connectivity index is 2.20. The molecule has 5 heteroatoms. The maximum Gasteiger partial charge on any atom is 0.337 e. The number of carboxylic acids is 1. The van der Waals surface area contributed by atoms with Gasteiger partial charge in [-0.15, -0.1) is 0 Å². The normalized spacial score (nSPS) is 10.9. The van der Waals surface area contributed by atoms with Crippen LogP contribution >= 0.6 is 0 Å². The molecule has 0 bridgehead atoms. The summed E-state index contributed by atoms with van der Waals surface area (Å²) >= 11 is 0. The van der Waals surface area contributed by atoms with Gasteiger partial charge in [0.15, 0.2) is 0 Å². The predicted molar refractivity (Wildman–Crippen MR) is 83.6 cm³/mol. The van der Waals surface area contributed by atoms with Crippen LogP contribution in [-0.2, 0) is 19.4 Å². The molecule has 0 unspecified atom stereocenters. The van der Waals surface area contributed by atoms with Crippen molar-refractivity contribution in [3.05, 3.63) is 58.7 Å². The van der Waals surface area contributed by atoms with Crippen molar-refractivity contribution in [3.63, 3.8) is 0 Å². The van der Waals surface area contributed by atoms with E-state index in [-0.39, 0.29) is 5.82 Å². The van der Waals surface area contributed by atoms with Gasteiger partial charge in [-0.2, -0.15) is 0 Å². The lowest BCUT2D eigenvalue weighted by Crippen LogP contribution is -2.10. The average Bonchev–Trinajstić information content (AvgIpc) is 2.81. The van der Waals surface area contributed by atoms with Gasteiger partial charge in [0.1, 0.15) is 5.82 Å². The average molecular weight is 304 g/mol. The molecule has 0 fully saturated rings. The highest BCUT2D eigenvalue weighted by molar-refractivity contribution is 5.89. The SMILES string of the molecule is Cc1c(C(=O)O)cc(CCCN)n1CCc1ccc(F)cc1. The fourth-order valence-electron chi connectivity index (χ4n) is 2.62. The van der Waals surface area contributed by atoms with Crippen LogP contribution in [0.5, 0.6) is 0 Å². The second-order valence-corrected chi connectivity index (χ2v) is 5.36. The van der Waals surface area contributed by atoms with Crippen LogP contribution in [0, 0.1) is 12.7 Å². The monoisotopic (exact) mass is 304 g/mol. The van der Waals surface area contributed by atoms with Crippen LogP contribution in [0.3, 0.4) is 0 Å². The number of hydrogen-bond donors (Lipinski definition) is 2. The van der Waals surface area contributed by atoms with Crippen LogP contribution in [-0.4, -0.2) is 22.2 Å². The van der Waals surface area contributed by atoms with Crippen molar-refractivity contribution in [2.75, 3.05) is 6.54 Å². The Labute approximate surface area is 129 Å². The zero-order valence-electron chi connectivity index (χ0n) is 12.7.